The SMILES string of the molecule is CCC(CC)(CO)Nc1ncc([N+](=O)[O-])c(C)c1Br. The van der Waals surface area contributed by atoms with E-state index < -0.39 is 10.5 Å². The number of aromatic nitrogens is 1. The molecule has 0 unspecified atom stereocenters. The fourth-order valence-electron chi connectivity index (χ4n) is 1.78. The van der Waals surface area contributed by atoms with Crippen LogP contribution in [0.4, 0.5) is 11.5 Å². The number of hydrogen-bond donors (Lipinski definition) is 2. The van der Waals surface area contributed by atoms with Gasteiger partial charge >= 0.3 is 0 Å². The van der Waals surface area contributed by atoms with Gasteiger partial charge in [-0.25, -0.2) is 4.98 Å². The summed E-state index contributed by atoms with van der Waals surface area (Å²) < 4.78 is 0.557. The maximum absolute atomic E-state index is 10.8. The average molecular weight is 332 g/mol. The Morgan fingerprint density at radius 1 is 1.53 bits per heavy atom. The normalized spacial score (nSPS) is 11.4. The monoisotopic (exact) mass is 331 g/mol. The van der Waals surface area contributed by atoms with Crippen LogP contribution < -0.4 is 5.32 Å². The molecule has 0 aliphatic rings. The minimum absolute atomic E-state index is 0.0237. The molecule has 1 aromatic rings. The molecule has 1 aromatic heterocycles. The molecule has 0 bridgehead atoms. The van der Waals surface area contributed by atoms with Gasteiger partial charge < -0.3 is 10.4 Å². The molecule has 106 valence electrons. The second-order valence-electron chi connectivity index (χ2n) is 4.46. The quantitative estimate of drug-likeness (QED) is 0.617. The lowest BCUT2D eigenvalue weighted by Crippen LogP contribution is -2.41. The molecule has 0 fully saturated rings. The number of rotatable bonds is 6. The highest BCUT2D eigenvalue weighted by Gasteiger charge is 2.27. The largest absolute Gasteiger partial charge is 0.394 e. The van der Waals surface area contributed by atoms with Crippen LogP contribution in [0.2, 0.25) is 0 Å². The lowest BCUT2D eigenvalue weighted by Gasteiger charge is -2.31. The van der Waals surface area contributed by atoms with E-state index in [1.54, 1.807) is 6.92 Å². The molecule has 0 radical (unpaired) electrons. The highest BCUT2D eigenvalue weighted by Crippen LogP contribution is 2.33. The molecule has 6 nitrogen and oxygen atoms in total. The molecule has 0 aliphatic heterocycles. The number of nitrogens with one attached hydrogen (secondary N) is 1. The summed E-state index contributed by atoms with van der Waals surface area (Å²) in [6, 6.07) is 0. The van der Waals surface area contributed by atoms with Crippen molar-refractivity contribution in [1.82, 2.24) is 4.98 Å². The predicted octanol–water partition coefficient (Wildman–Crippen LogP) is 3.02. The summed E-state index contributed by atoms with van der Waals surface area (Å²) in [7, 11) is 0. The van der Waals surface area contributed by atoms with Gasteiger partial charge in [-0.3, -0.25) is 10.1 Å². The Balaban J connectivity index is 3.16. The van der Waals surface area contributed by atoms with E-state index in [4.69, 9.17) is 0 Å². The number of hydrogen-bond acceptors (Lipinski definition) is 5. The minimum Gasteiger partial charge on any atom is -0.394 e. The van der Waals surface area contributed by atoms with E-state index in [2.05, 4.69) is 26.2 Å². The van der Waals surface area contributed by atoms with E-state index in [0.717, 1.165) is 12.8 Å². The van der Waals surface area contributed by atoms with Crippen molar-refractivity contribution in [3.8, 4) is 0 Å². The van der Waals surface area contributed by atoms with Crippen LogP contribution in [0.25, 0.3) is 0 Å². The molecule has 0 amide bonds. The average Bonchev–Trinajstić information content (AvgIpc) is 2.40. The molecule has 0 aliphatic carbocycles. The number of nitro groups is 1. The summed E-state index contributed by atoms with van der Waals surface area (Å²) in [4.78, 5) is 14.4. The molecule has 1 heterocycles. The van der Waals surface area contributed by atoms with Crippen LogP contribution in [0.15, 0.2) is 10.7 Å². The Kier molecular flexibility index (Phi) is 5.25. The zero-order valence-electron chi connectivity index (χ0n) is 11.2. The maximum atomic E-state index is 10.8. The first kappa shape index (κ1) is 15.8. The van der Waals surface area contributed by atoms with Gasteiger partial charge in [-0.2, -0.15) is 0 Å². The van der Waals surface area contributed by atoms with Crippen molar-refractivity contribution < 1.29 is 10.0 Å². The Bertz CT molecular complexity index is 467. The highest BCUT2D eigenvalue weighted by atomic mass is 79.9. The van der Waals surface area contributed by atoms with Gasteiger partial charge in [0.05, 0.1) is 21.5 Å². The van der Waals surface area contributed by atoms with Gasteiger partial charge in [0.1, 0.15) is 12.0 Å². The Morgan fingerprint density at radius 3 is 2.53 bits per heavy atom. The predicted molar refractivity (Wildman–Crippen MR) is 77.3 cm³/mol. The van der Waals surface area contributed by atoms with Crippen molar-refractivity contribution in [2.45, 2.75) is 39.2 Å². The number of anilines is 1. The van der Waals surface area contributed by atoms with Crippen LogP contribution in [0, 0.1) is 17.0 Å². The molecule has 7 heteroatoms. The third kappa shape index (κ3) is 3.22. The maximum Gasteiger partial charge on any atom is 0.291 e. The second kappa shape index (κ2) is 6.29. The van der Waals surface area contributed by atoms with Crippen molar-refractivity contribution in [1.29, 1.82) is 0 Å². The van der Waals surface area contributed by atoms with Crippen molar-refractivity contribution >= 4 is 27.4 Å². The van der Waals surface area contributed by atoms with Crippen LogP contribution >= 0.6 is 15.9 Å². The number of nitrogens with zero attached hydrogens (tertiary/aromatic N) is 2. The van der Waals surface area contributed by atoms with E-state index >= 15 is 0 Å². The number of halogens is 1. The van der Waals surface area contributed by atoms with Gasteiger partial charge in [0.25, 0.3) is 5.69 Å². The third-order valence-electron chi connectivity index (χ3n) is 3.47. The van der Waals surface area contributed by atoms with E-state index in [-0.39, 0.29) is 12.3 Å². The van der Waals surface area contributed by atoms with Gasteiger partial charge in [0, 0.05) is 5.56 Å². The molecule has 0 atom stereocenters. The first-order valence-electron chi connectivity index (χ1n) is 6.09. The van der Waals surface area contributed by atoms with Crippen LogP contribution in [-0.2, 0) is 0 Å². The molecule has 1 rings (SSSR count). The summed E-state index contributed by atoms with van der Waals surface area (Å²) in [5, 5.41) is 23.5. The highest BCUT2D eigenvalue weighted by molar-refractivity contribution is 9.10. The minimum atomic E-state index is -0.462. The van der Waals surface area contributed by atoms with Crippen molar-refractivity contribution in [3.63, 3.8) is 0 Å². The van der Waals surface area contributed by atoms with Crippen LogP contribution in [0.3, 0.4) is 0 Å². The molecular weight excluding hydrogens is 314 g/mol. The number of aliphatic hydroxyl groups is 1. The van der Waals surface area contributed by atoms with Crippen LogP contribution in [-0.4, -0.2) is 27.2 Å². The van der Waals surface area contributed by atoms with E-state index in [1.807, 2.05) is 13.8 Å². The zero-order chi connectivity index (χ0) is 14.6. The second-order valence-corrected chi connectivity index (χ2v) is 5.25. The number of aliphatic hydroxyl groups excluding tert-OH is 1. The Morgan fingerprint density at radius 2 is 2.11 bits per heavy atom. The van der Waals surface area contributed by atoms with E-state index in [9.17, 15) is 15.2 Å². The molecule has 19 heavy (non-hydrogen) atoms. The topological polar surface area (TPSA) is 88.3 Å². The Labute approximate surface area is 120 Å². The lowest BCUT2D eigenvalue weighted by atomic mass is 9.94. The fourth-order valence-corrected chi connectivity index (χ4v) is 2.19. The van der Waals surface area contributed by atoms with E-state index in [0.29, 0.717) is 15.9 Å². The summed E-state index contributed by atoms with van der Waals surface area (Å²) in [5.41, 5.74) is 0.0273. The molecule has 0 saturated carbocycles. The van der Waals surface area contributed by atoms with Crippen molar-refractivity contribution in [2.24, 2.45) is 0 Å². The summed E-state index contributed by atoms with van der Waals surface area (Å²) in [6.07, 6.45) is 2.68. The van der Waals surface area contributed by atoms with Gasteiger partial charge in [-0.05, 0) is 35.7 Å². The van der Waals surface area contributed by atoms with Crippen molar-refractivity contribution in [2.75, 3.05) is 11.9 Å². The summed E-state index contributed by atoms with van der Waals surface area (Å²) in [6.45, 7) is 5.58. The molecule has 0 aromatic carbocycles. The first-order valence-corrected chi connectivity index (χ1v) is 6.88. The molecule has 0 spiro atoms. The first-order chi connectivity index (χ1) is 8.90. The van der Waals surface area contributed by atoms with Gasteiger partial charge in [0.2, 0.25) is 0 Å². The zero-order valence-corrected chi connectivity index (χ0v) is 12.8. The number of pyridine rings is 1. The Hall–Kier alpha value is -1.21. The van der Waals surface area contributed by atoms with Crippen LogP contribution in [0.5, 0.6) is 0 Å². The van der Waals surface area contributed by atoms with E-state index in [1.165, 1.54) is 6.20 Å². The van der Waals surface area contributed by atoms with Gasteiger partial charge in [-0.15, -0.1) is 0 Å². The molecule has 0 saturated heterocycles. The standard InChI is InChI=1S/C12H18BrN3O3/c1-4-12(5-2,7-17)15-11-10(13)8(3)9(6-14-11)16(18)19/h6,17H,4-5,7H2,1-3H3,(H,14,15). The van der Waals surface area contributed by atoms with Gasteiger partial charge in [-0.1, -0.05) is 13.8 Å². The molecular formula is C12H18BrN3O3. The van der Waals surface area contributed by atoms with Crippen molar-refractivity contribution in [3.05, 3.63) is 26.3 Å². The fraction of sp³-hybridized carbons (Fsp3) is 0.583. The smallest absolute Gasteiger partial charge is 0.291 e. The van der Waals surface area contributed by atoms with Crippen LogP contribution in [0.1, 0.15) is 32.3 Å². The van der Waals surface area contributed by atoms with Gasteiger partial charge in [0.15, 0.2) is 0 Å². The molecule has 2 N–H and O–H groups in total. The summed E-state index contributed by atoms with van der Waals surface area (Å²) >= 11 is 3.33. The third-order valence-corrected chi connectivity index (χ3v) is 4.44. The lowest BCUT2D eigenvalue weighted by molar-refractivity contribution is -0.385. The summed E-state index contributed by atoms with van der Waals surface area (Å²) in [5.74, 6) is 0.515.